The number of amides is 1. The van der Waals surface area contributed by atoms with E-state index in [1.807, 2.05) is 59.0 Å². The average Bonchev–Trinajstić information content (AvgIpc) is 3.55. The summed E-state index contributed by atoms with van der Waals surface area (Å²) < 4.78 is 9.73. The molecule has 1 N–H and O–H groups in total. The van der Waals surface area contributed by atoms with Gasteiger partial charge in [0.2, 0.25) is 0 Å². The minimum absolute atomic E-state index is 0.0389. The Balaban J connectivity index is 1.41. The molecule has 1 aliphatic heterocycles. The van der Waals surface area contributed by atoms with Crippen LogP contribution in [0.5, 0.6) is 0 Å². The summed E-state index contributed by atoms with van der Waals surface area (Å²) in [5, 5.41) is 11.9. The Bertz CT molecular complexity index is 1250. The van der Waals surface area contributed by atoms with Gasteiger partial charge in [0.15, 0.2) is 10.5 Å². The third-order valence-electron chi connectivity index (χ3n) is 5.76. The number of para-hydroxylation sites is 1. The van der Waals surface area contributed by atoms with Gasteiger partial charge in [0.1, 0.15) is 17.2 Å². The number of nitrogens with zero attached hydrogens (tertiary/aromatic N) is 5. The summed E-state index contributed by atoms with van der Waals surface area (Å²) in [6.07, 6.45) is 3.28. The van der Waals surface area contributed by atoms with Gasteiger partial charge >= 0.3 is 0 Å². The largest absolute Gasteiger partial charge is 0.463 e. The van der Waals surface area contributed by atoms with Crippen LogP contribution in [0.2, 0.25) is 0 Å². The fourth-order valence-electron chi connectivity index (χ4n) is 4.07. The second-order valence-electron chi connectivity index (χ2n) is 7.65. The molecule has 8 nitrogen and oxygen atoms in total. The van der Waals surface area contributed by atoms with E-state index in [2.05, 4.69) is 15.3 Å². The summed E-state index contributed by atoms with van der Waals surface area (Å²) in [5.74, 6) is 1.82. The van der Waals surface area contributed by atoms with Crippen molar-refractivity contribution in [3.05, 3.63) is 71.1 Å². The van der Waals surface area contributed by atoms with Crippen molar-refractivity contribution in [2.45, 2.75) is 18.8 Å². The van der Waals surface area contributed by atoms with Crippen molar-refractivity contribution < 1.29 is 9.21 Å². The molecule has 1 amide bonds. The molecule has 9 heteroatoms. The predicted octanol–water partition coefficient (Wildman–Crippen LogP) is 3.94. The molecule has 158 valence electrons. The van der Waals surface area contributed by atoms with Gasteiger partial charge in [-0.25, -0.2) is 4.68 Å². The van der Waals surface area contributed by atoms with Crippen LogP contribution in [-0.4, -0.2) is 48.4 Å². The van der Waals surface area contributed by atoms with Crippen LogP contribution in [0.3, 0.4) is 0 Å². The summed E-state index contributed by atoms with van der Waals surface area (Å²) in [7, 11) is 1.92. The van der Waals surface area contributed by atoms with Gasteiger partial charge in [-0.15, -0.1) is 0 Å². The maximum Gasteiger partial charge on any atom is 0.272 e. The van der Waals surface area contributed by atoms with Crippen molar-refractivity contribution in [2.24, 2.45) is 7.05 Å². The monoisotopic (exact) mass is 434 g/mol. The lowest BCUT2D eigenvalue weighted by molar-refractivity contribution is 0.0701. The SMILES string of the molecule is Cn1c(C2CCN(C(=O)c3cc(-c4ccco4)nn3-c3ccccc3)CC2)n[nH]c1=S. The smallest absolute Gasteiger partial charge is 0.272 e. The highest BCUT2D eigenvalue weighted by Crippen LogP contribution is 2.29. The molecule has 0 unspecified atom stereocenters. The zero-order chi connectivity index (χ0) is 21.4. The van der Waals surface area contributed by atoms with E-state index in [0.717, 1.165) is 24.4 Å². The quantitative estimate of drug-likeness (QED) is 0.492. The number of aromatic amines is 1. The van der Waals surface area contributed by atoms with Crippen molar-refractivity contribution >= 4 is 18.1 Å². The topological polar surface area (TPSA) is 84.9 Å². The van der Waals surface area contributed by atoms with E-state index < -0.39 is 0 Å². The number of H-pyrrole nitrogens is 1. The first-order valence-electron chi connectivity index (χ1n) is 10.2. The number of carbonyl (C=O) groups is 1. The van der Waals surface area contributed by atoms with Crippen LogP contribution in [0.1, 0.15) is 35.1 Å². The second-order valence-corrected chi connectivity index (χ2v) is 8.04. The number of aromatic nitrogens is 5. The second kappa shape index (κ2) is 7.99. The Hall–Kier alpha value is -3.46. The Kier molecular flexibility index (Phi) is 5.03. The van der Waals surface area contributed by atoms with Crippen LogP contribution in [0, 0.1) is 4.77 Å². The first-order chi connectivity index (χ1) is 15.1. The van der Waals surface area contributed by atoms with Crippen molar-refractivity contribution in [3.63, 3.8) is 0 Å². The van der Waals surface area contributed by atoms with Crippen LogP contribution in [0.4, 0.5) is 0 Å². The minimum atomic E-state index is -0.0389. The van der Waals surface area contributed by atoms with E-state index >= 15 is 0 Å². The molecule has 1 saturated heterocycles. The standard InChI is InChI=1S/C22H22N6O2S/c1-26-20(23-24-22(26)31)15-9-11-27(12-10-15)21(29)18-14-17(19-8-5-13-30-19)25-28(18)16-6-3-2-4-7-16/h2-8,13-15H,9-12H2,1H3,(H,24,31). The van der Waals surface area contributed by atoms with Gasteiger partial charge in [0.05, 0.1) is 12.0 Å². The van der Waals surface area contributed by atoms with Gasteiger partial charge in [0, 0.05) is 32.1 Å². The number of piperidine rings is 1. The van der Waals surface area contributed by atoms with Crippen molar-refractivity contribution in [2.75, 3.05) is 13.1 Å². The van der Waals surface area contributed by atoms with Gasteiger partial charge in [-0.1, -0.05) is 18.2 Å². The number of rotatable bonds is 4. The van der Waals surface area contributed by atoms with E-state index in [4.69, 9.17) is 16.6 Å². The Morgan fingerprint density at radius 1 is 1.16 bits per heavy atom. The fourth-order valence-corrected chi connectivity index (χ4v) is 4.21. The third-order valence-corrected chi connectivity index (χ3v) is 6.13. The summed E-state index contributed by atoms with van der Waals surface area (Å²) in [6.45, 7) is 1.30. The van der Waals surface area contributed by atoms with E-state index in [9.17, 15) is 4.79 Å². The molecule has 1 aromatic carbocycles. The molecule has 31 heavy (non-hydrogen) atoms. The number of carbonyl (C=O) groups excluding carboxylic acids is 1. The molecule has 5 rings (SSSR count). The van der Waals surface area contributed by atoms with Gasteiger partial charge in [-0.3, -0.25) is 9.89 Å². The maximum atomic E-state index is 13.5. The van der Waals surface area contributed by atoms with E-state index in [-0.39, 0.29) is 11.8 Å². The fraction of sp³-hybridized carbons (Fsp3) is 0.273. The van der Waals surface area contributed by atoms with Crippen LogP contribution in [0.15, 0.2) is 59.2 Å². The lowest BCUT2D eigenvalue weighted by Crippen LogP contribution is -2.39. The van der Waals surface area contributed by atoms with Crippen LogP contribution in [-0.2, 0) is 7.05 Å². The first-order valence-corrected chi connectivity index (χ1v) is 10.6. The lowest BCUT2D eigenvalue weighted by atomic mass is 9.95. The lowest BCUT2D eigenvalue weighted by Gasteiger charge is -2.31. The highest BCUT2D eigenvalue weighted by molar-refractivity contribution is 7.71. The molecule has 0 atom stereocenters. The predicted molar refractivity (Wildman–Crippen MR) is 118 cm³/mol. The van der Waals surface area contributed by atoms with Crippen molar-refractivity contribution in [1.82, 2.24) is 29.4 Å². The molecule has 4 heterocycles. The Labute approximate surface area is 184 Å². The number of likely N-dealkylation sites (tertiary alicyclic amines) is 1. The molecule has 1 aliphatic rings. The molecule has 0 radical (unpaired) electrons. The Morgan fingerprint density at radius 3 is 2.58 bits per heavy atom. The number of nitrogens with one attached hydrogen (secondary N) is 1. The van der Waals surface area contributed by atoms with Gasteiger partial charge in [0.25, 0.3) is 5.91 Å². The summed E-state index contributed by atoms with van der Waals surface area (Å²) in [4.78, 5) is 15.4. The molecule has 3 aromatic heterocycles. The van der Waals surface area contributed by atoms with E-state index in [1.165, 1.54) is 0 Å². The maximum absolute atomic E-state index is 13.5. The number of hydrogen-bond acceptors (Lipinski definition) is 5. The van der Waals surface area contributed by atoms with Crippen molar-refractivity contribution in [1.29, 1.82) is 0 Å². The highest BCUT2D eigenvalue weighted by Gasteiger charge is 2.29. The summed E-state index contributed by atoms with van der Waals surface area (Å²) >= 11 is 5.23. The van der Waals surface area contributed by atoms with Crippen LogP contribution >= 0.6 is 12.2 Å². The molecule has 0 aliphatic carbocycles. The first kappa shape index (κ1) is 19.5. The van der Waals surface area contributed by atoms with E-state index in [1.54, 1.807) is 17.0 Å². The summed E-state index contributed by atoms with van der Waals surface area (Å²) in [6, 6.07) is 15.1. The van der Waals surface area contributed by atoms with Crippen LogP contribution in [0.25, 0.3) is 17.1 Å². The normalized spacial score (nSPS) is 14.8. The molecule has 0 bridgehead atoms. The van der Waals surface area contributed by atoms with E-state index in [0.29, 0.717) is 35.0 Å². The zero-order valence-electron chi connectivity index (χ0n) is 17.1. The van der Waals surface area contributed by atoms with Gasteiger partial charge in [-0.2, -0.15) is 10.2 Å². The molecule has 1 fully saturated rings. The number of hydrogen-bond donors (Lipinski definition) is 1. The van der Waals surface area contributed by atoms with Gasteiger partial charge in [-0.05, 0) is 49.3 Å². The zero-order valence-corrected chi connectivity index (χ0v) is 17.9. The molecule has 4 aromatic rings. The number of benzene rings is 1. The van der Waals surface area contributed by atoms with Gasteiger partial charge < -0.3 is 13.9 Å². The number of furan rings is 1. The Morgan fingerprint density at radius 2 is 1.94 bits per heavy atom. The average molecular weight is 435 g/mol. The minimum Gasteiger partial charge on any atom is -0.463 e. The molecule has 0 spiro atoms. The molecule has 0 saturated carbocycles. The molecular weight excluding hydrogens is 412 g/mol. The van der Waals surface area contributed by atoms with Crippen molar-refractivity contribution in [3.8, 4) is 17.1 Å². The highest BCUT2D eigenvalue weighted by atomic mass is 32.1. The van der Waals surface area contributed by atoms with Crippen LogP contribution < -0.4 is 0 Å². The molecular formula is C22H22N6O2S. The summed E-state index contributed by atoms with van der Waals surface area (Å²) in [5.41, 5.74) is 1.99. The third kappa shape index (κ3) is 3.61.